The summed E-state index contributed by atoms with van der Waals surface area (Å²) in [7, 11) is 0. The summed E-state index contributed by atoms with van der Waals surface area (Å²) in [5.74, 6) is 0.295. The zero-order valence-electron chi connectivity index (χ0n) is 13.4. The number of hydrogen-bond acceptors (Lipinski definition) is 3. The van der Waals surface area contributed by atoms with Crippen molar-refractivity contribution in [2.45, 2.75) is 19.4 Å². The number of nitrogens with zero attached hydrogens (tertiary/aromatic N) is 3. The van der Waals surface area contributed by atoms with Crippen molar-refractivity contribution in [3.63, 3.8) is 0 Å². The Morgan fingerprint density at radius 1 is 1.21 bits per heavy atom. The maximum atomic E-state index is 11.9. The highest BCUT2D eigenvalue weighted by Crippen LogP contribution is 2.10. The lowest BCUT2D eigenvalue weighted by molar-refractivity contribution is -0.616. The summed E-state index contributed by atoms with van der Waals surface area (Å²) in [5, 5.41) is 6.68. The molecule has 0 spiro atoms. The second kappa shape index (κ2) is 7.50. The molecule has 2 amide bonds. The molecule has 0 fully saturated rings. The first-order valence-electron chi connectivity index (χ1n) is 7.83. The van der Waals surface area contributed by atoms with E-state index in [1.807, 2.05) is 36.4 Å². The zero-order valence-corrected chi connectivity index (χ0v) is 13.4. The number of carbonyl (C=O) groups excluding carboxylic acids is 1. The van der Waals surface area contributed by atoms with Crippen molar-refractivity contribution in [2.75, 3.05) is 11.9 Å². The number of nitrogens with one attached hydrogen (secondary N) is 1. The lowest BCUT2D eigenvalue weighted by atomic mass is 10.1. The average molecular weight is 323 g/mol. The second-order valence-electron chi connectivity index (χ2n) is 5.61. The van der Waals surface area contributed by atoms with Crippen LogP contribution in [0.5, 0.6) is 0 Å². The Bertz CT molecular complexity index is 757. The summed E-state index contributed by atoms with van der Waals surface area (Å²) in [4.78, 5) is 21.0. The molecule has 1 heterocycles. The van der Waals surface area contributed by atoms with E-state index < -0.39 is 6.03 Å². The van der Waals surface area contributed by atoms with Crippen molar-refractivity contribution < 1.29 is 14.3 Å². The smallest absolute Gasteiger partial charge is 0.306 e. The van der Waals surface area contributed by atoms with Crippen LogP contribution in [0.1, 0.15) is 12.5 Å². The van der Waals surface area contributed by atoms with Crippen LogP contribution in [0, 0.1) is 0 Å². The first-order chi connectivity index (χ1) is 11.7. The minimum Gasteiger partial charge on any atom is -0.306 e. The van der Waals surface area contributed by atoms with Crippen LogP contribution in [-0.4, -0.2) is 29.2 Å². The second-order valence-corrected chi connectivity index (χ2v) is 5.61. The fraction of sp³-hybridized carbons (Fsp3) is 0.222. The molecule has 0 aromatic heterocycles. The highest BCUT2D eigenvalue weighted by molar-refractivity contribution is 5.98. The highest BCUT2D eigenvalue weighted by atomic mass is 16.7. The van der Waals surface area contributed by atoms with Gasteiger partial charge in [-0.1, -0.05) is 53.2 Å². The molecule has 2 aromatic rings. The van der Waals surface area contributed by atoms with E-state index in [2.05, 4.69) is 34.6 Å². The van der Waals surface area contributed by atoms with E-state index in [9.17, 15) is 4.79 Å². The van der Waals surface area contributed by atoms with Crippen LogP contribution in [0.2, 0.25) is 0 Å². The fourth-order valence-corrected chi connectivity index (χ4v) is 2.43. The molecular weight excluding hydrogens is 304 g/mol. The number of hydrogen-bond donors (Lipinski definition) is 1. The molecule has 122 valence electrons. The van der Waals surface area contributed by atoms with Crippen molar-refractivity contribution in [1.82, 2.24) is 0 Å². The number of amides is 2. The quantitative estimate of drug-likeness (QED) is 0.873. The van der Waals surface area contributed by atoms with Gasteiger partial charge in [0.05, 0.1) is 0 Å². The molecule has 1 N–H and O–H groups in total. The van der Waals surface area contributed by atoms with Gasteiger partial charge in [-0.2, -0.15) is 4.99 Å². The molecule has 0 bridgehead atoms. The SMILES string of the molecule is CC(Cc1ccccc1)[N+]1=NO/C(=N/C(=O)Nc2ccccc2)C1. The van der Waals surface area contributed by atoms with Crippen molar-refractivity contribution in [3.05, 3.63) is 66.2 Å². The summed E-state index contributed by atoms with van der Waals surface area (Å²) in [6.45, 7) is 2.45. The summed E-state index contributed by atoms with van der Waals surface area (Å²) >= 11 is 0. The van der Waals surface area contributed by atoms with Gasteiger partial charge in [0.25, 0.3) is 6.54 Å². The van der Waals surface area contributed by atoms with E-state index in [1.54, 1.807) is 16.8 Å². The monoisotopic (exact) mass is 323 g/mol. The number of carbonyl (C=O) groups is 1. The van der Waals surface area contributed by atoms with E-state index in [1.165, 1.54) is 5.56 Å². The average Bonchev–Trinajstić information content (AvgIpc) is 3.05. The normalized spacial score (nSPS) is 16.4. The van der Waals surface area contributed by atoms with Gasteiger partial charge in [-0.3, -0.25) is 4.84 Å². The van der Waals surface area contributed by atoms with Gasteiger partial charge in [0, 0.05) is 19.0 Å². The minimum atomic E-state index is -0.469. The lowest BCUT2D eigenvalue weighted by Gasteiger charge is -2.04. The molecule has 24 heavy (non-hydrogen) atoms. The Morgan fingerprint density at radius 2 is 1.88 bits per heavy atom. The maximum absolute atomic E-state index is 11.9. The van der Waals surface area contributed by atoms with Gasteiger partial charge in [0.15, 0.2) is 11.3 Å². The summed E-state index contributed by atoms with van der Waals surface area (Å²) in [6.07, 6.45) is 0.844. The fourth-order valence-electron chi connectivity index (χ4n) is 2.43. The van der Waals surface area contributed by atoms with Crippen molar-refractivity contribution in [3.8, 4) is 0 Å². The van der Waals surface area contributed by atoms with Gasteiger partial charge >= 0.3 is 11.9 Å². The van der Waals surface area contributed by atoms with Crippen molar-refractivity contribution in [2.24, 2.45) is 10.3 Å². The van der Waals surface area contributed by atoms with Crippen molar-refractivity contribution in [1.29, 1.82) is 0 Å². The van der Waals surface area contributed by atoms with Crippen LogP contribution < -0.4 is 5.32 Å². The number of urea groups is 1. The molecule has 1 unspecified atom stereocenters. The summed E-state index contributed by atoms with van der Waals surface area (Å²) in [5.41, 5.74) is 1.92. The molecule has 3 rings (SSSR count). The molecule has 1 aliphatic heterocycles. The number of anilines is 1. The Balaban J connectivity index is 1.55. The molecule has 0 saturated carbocycles. The topological polar surface area (TPSA) is 66.1 Å². The summed E-state index contributed by atoms with van der Waals surface area (Å²) < 4.78 is 1.79. The molecule has 6 heteroatoms. The van der Waals surface area contributed by atoms with E-state index in [0.29, 0.717) is 18.1 Å². The molecule has 2 aromatic carbocycles. The predicted molar refractivity (Wildman–Crippen MR) is 91.1 cm³/mol. The zero-order chi connectivity index (χ0) is 16.8. The standard InChI is InChI=1S/C18H18N4O2/c1-14(12-15-8-4-2-5-9-15)22-13-17(24-21-22)20-18(23)19-16-10-6-3-7-11-16/h2-11,14H,12-13H2,1H3/p+1/b20-17+. The third-order valence-electron chi connectivity index (χ3n) is 3.68. The summed E-state index contributed by atoms with van der Waals surface area (Å²) in [6, 6.07) is 19.0. The molecule has 1 atom stereocenters. The third-order valence-corrected chi connectivity index (χ3v) is 3.68. The predicted octanol–water partition coefficient (Wildman–Crippen LogP) is 3.66. The van der Waals surface area contributed by atoms with Crippen LogP contribution in [-0.2, 0) is 11.3 Å². The van der Waals surface area contributed by atoms with E-state index >= 15 is 0 Å². The number of para-hydroxylation sites is 1. The Morgan fingerprint density at radius 3 is 2.58 bits per heavy atom. The molecule has 0 saturated heterocycles. The van der Waals surface area contributed by atoms with E-state index in [4.69, 9.17) is 4.84 Å². The third kappa shape index (κ3) is 4.25. The number of rotatable bonds is 4. The van der Waals surface area contributed by atoms with Gasteiger partial charge in [0.1, 0.15) is 0 Å². The van der Waals surface area contributed by atoms with Crippen molar-refractivity contribution >= 4 is 17.6 Å². The van der Waals surface area contributed by atoms with Gasteiger partial charge in [-0.25, -0.2) is 4.79 Å². The molecular formula is C18H19N4O2+. The number of benzene rings is 2. The van der Waals surface area contributed by atoms with Crippen LogP contribution in [0.3, 0.4) is 0 Å². The first-order valence-corrected chi connectivity index (χ1v) is 7.83. The molecule has 0 radical (unpaired) electrons. The van der Waals surface area contributed by atoms with E-state index in [0.717, 1.165) is 6.42 Å². The van der Waals surface area contributed by atoms with Crippen LogP contribution in [0.4, 0.5) is 10.5 Å². The van der Waals surface area contributed by atoms with Gasteiger partial charge in [-0.15, -0.1) is 0 Å². The molecule has 0 aliphatic carbocycles. The largest absolute Gasteiger partial charge is 0.348 e. The lowest BCUT2D eigenvalue weighted by Crippen LogP contribution is -2.25. The van der Waals surface area contributed by atoms with Gasteiger partial charge in [-0.05, 0) is 17.7 Å². The van der Waals surface area contributed by atoms with Crippen LogP contribution >= 0.6 is 0 Å². The molecule has 6 nitrogen and oxygen atoms in total. The Labute approximate surface area is 140 Å². The van der Waals surface area contributed by atoms with Gasteiger partial charge < -0.3 is 5.32 Å². The first kappa shape index (κ1) is 15.9. The van der Waals surface area contributed by atoms with E-state index in [-0.39, 0.29) is 6.04 Å². The Hall–Kier alpha value is -3.02. The number of aliphatic imine (C=N–C) groups is 1. The van der Waals surface area contributed by atoms with Crippen LogP contribution in [0.15, 0.2) is 70.9 Å². The Kier molecular flexibility index (Phi) is 4.96. The van der Waals surface area contributed by atoms with Gasteiger partial charge in [0.2, 0.25) is 0 Å². The minimum absolute atomic E-state index is 0.150. The van der Waals surface area contributed by atoms with Crippen LogP contribution in [0.25, 0.3) is 0 Å². The maximum Gasteiger partial charge on any atom is 0.348 e. The highest BCUT2D eigenvalue weighted by Gasteiger charge is 2.29. The molecule has 1 aliphatic rings.